The summed E-state index contributed by atoms with van der Waals surface area (Å²) in [5.41, 5.74) is 6.63. The van der Waals surface area contributed by atoms with Crippen molar-refractivity contribution in [2.45, 2.75) is 0 Å². The number of benzene rings is 4. The second-order valence-electron chi connectivity index (χ2n) is 8.17. The molecule has 0 aromatic heterocycles. The lowest BCUT2D eigenvalue weighted by molar-refractivity contribution is 0.0978. The molecular formula is C28H21N3O6. The number of para-hydroxylation sites is 1. The number of rotatable bonds is 5. The molecule has 1 amide bonds. The molecule has 0 radical (unpaired) electrons. The number of nitrogens with one attached hydrogen (secondary N) is 2. The second kappa shape index (κ2) is 9.38. The van der Waals surface area contributed by atoms with Gasteiger partial charge in [0.25, 0.3) is 0 Å². The number of phenols is 1. The van der Waals surface area contributed by atoms with Gasteiger partial charge < -0.3 is 25.6 Å². The number of hydrogen-bond acceptors (Lipinski definition) is 8. The van der Waals surface area contributed by atoms with Gasteiger partial charge in [-0.3, -0.25) is 14.9 Å². The van der Waals surface area contributed by atoms with Crippen LogP contribution >= 0.6 is 0 Å². The maximum absolute atomic E-state index is 13.6. The average molecular weight is 495 g/mol. The van der Waals surface area contributed by atoms with E-state index in [9.17, 15) is 19.5 Å². The van der Waals surface area contributed by atoms with Crippen LogP contribution in [0.25, 0.3) is 0 Å². The second-order valence-corrected chi connectivity index (χ2v) is 8.17. The van der Waals surface area contributed by atoms with Crippen molar-refractivity contribution < 1.29 is 29.0 Å². The molecule has 1 aliphatic carbocycles. The molecule has 9 heteroatoms. The number of anilines is 4. The highest BCUT2D eigenvalue weighted by Crippen LogP contribution is 2.42. The summed E-state index contributed by atoms with van der Waals surface area (Å²) in [5.74, 6) is -0.299. The third-order valence-corrected chi connectivity index (χ3v) is 5.86. The number of ketones is 2. The van der Waals surface area contributed by atoms with Gasteiger partial charge in [-0.2, -0.15) is 0 Å². The van der Waals surface area contributed by atoms with E-state index in [1.54, 1.807) is 30.3 Å². The Hall–Kier alpha value is -5.31. The minimum Gasteiger partial charge on any atom is -0.507 e. The Morgan fingerprint density at radius 1 is 0.757 bits per heavy atom. The number of ether oxygens (including phenoxy) is 2. The van der Waals surface area contributed by atoms with Crippen molar-refractivity contribution in [2.24, 2.45) is 0 Å². The fourth-order valence-corrected chi connectivity index (χ4v) is 4.16. The van der Waals surface area contributed by atoms with Crippen LogP contribution in [-0.4, -0.2) is 29.9 Å². The highest BCUT2D eigenvalue weighted by atomic mass is 16.5. The molecule has 9 nitrogen and oxygen atoms in total. The smallest absolute Gasteiger partial charge is 0.411 e. The first-order chi connectivity index (χ1) is 17.9. The predicted octanol–water partition coefficient (Wildman–Crippen LogP) is 5.46. The van der Waals surface area contributed by atoms with Gasteiger partial charge in [-0.15, -0.1) is 0 Å². The number of carbonyl (C=O) groups excluding carboxylic acids is 3. The van der Waals surface area contributed by atoms with Crippen LogP contribution in [0.2, 0.25) is 0 Å². The summed E-state index contributed by atoms with van der Waals surface area (Å²) < 4.78 is 10.5. The van der Waals surface area contributed by atoms with Crippen LogP contribution in [0.1, 0.15) is 31.8 Å². The van der Waals surface area contributed by atoms with Gasteiger partial charge >= 0.3 is 6.09 Å². The summed E-state index contributed by atoms with van der Waals surface area (Å²) in [6.07, 6.45) is -0.813. The van der Waals surface area contributed by atoms with Crippen LogP contribution in [0.5, 0.6) is 17.2 Å². The first kappa shape index (κ1) is 23.4. The number of fused-ring (bicyclic) bond motifs is 2. The molecule has 0 heterocycles. The van der Waals surface area contributed by atoms with Gasteiger partial charge in [0.15, 0.2) is 11.6 Å². The molecule has 0 saturated heterocycles. The van der Waals surface area contributed by atoms with Gasteiger partial charge in [-0.05, 0) is 60.7 Å². The zero-order chi connectivity index (χ0) is 26.1. The van der Waals surface area contributed by atoms with Gasteiger partial charge in [0.05, 0.1) is 40.7 Å². The molecule has 0 spiro atoms. The molecule has 0 unspecified atom stereocenters. The van der Waals surface area contributed by atoms with E-state index in [1.807, 2.05) is 30.3 Å². The Morgan fingerprint density at radius 3 is 2.08 bits per heavy atom. The number of carbonyl (C=O) groups is 3. The molecule has 0 atom stereocenters. The van der Waals surface area contributed by atoms with Gasteiger partial charge in [-0.1, -0.05) is 18.2 Å². The zero-order valence-electron chi connectivity index (χ0n) is 19.6. The average Bonchev–Trinajstić information content (AvgIpc) is 2.90. The van der Waals surface area contributed by atoms with Crippen molar-refractivity contribution in [1.29, 1.82) is 0 Å². The van der Waals surface area contributed by atoms with Crippen molar-refractivity contribution in [2.75, 3.05) is 23.5 Å². The number of hydrogen-bond donors (Lipinski definition) is 4. The Kier molecular flexibility index (Phi) is 5.94. The summed E-state index contributed by atoms with van der Waals surface area (Å²) in [5, 5.41) is 16.1. The van der Waals surface area contributed by atoms with E-state index in [0.29, 0.717) is 22.9 Å². The van der Waals surface area contributed by atoms with Crippen LogP contribution < -0.4 is 21.1 Å². The summed E-state index contributed by atoms with van der Waals surface area (Å²) >= 11 is 0. The van der Waals surface area contributed by atoms with E-state index < -0.39 is 17.7 Å². The summed E-state index contributed by atoms with van der Waals surface area (Å²) in [6, 6.07) is 22.0. The number of aromatic hydroxyl groups is 1. The molecule has 4 aromatic carbocycles. The minimum atomic E-state index is -0.813. The van der Waals surface area contributed by atoms with Crippen LogP contribution in [0.3, 0.4) is 0 Å². The molecule has 0 bridgehead atoms. The first-order valence-electron chi connectivity index (χ1n) is 11.2. The first-order valence-corrected chi connectivity index (χ1v) is 11.2. The van der Waals surface area contributed by atoms with Crippen molar-refractivity contribution in [3.63, 3.8) is 0 Å². The molecule has 4 aromatic rings. The third kappa shape index (κ3) is 4.30. The summed E-state index contributed by atoms with van der Waals surface area (Å²) in [4.78, 5) is 39.1. The van der Waals surface area contributed by atoms with Gasteiger partial charge in [0.1, 0.15) is 17.2 Å². The van der Waals surface area contributed by atoms with Gasteiger partial charge in [0.2, 0.25) is 0 Å². The third-order valence-electron chi connectivity index (χ3n) is 5.86. The molecule has 37 heavy (non-hydrogen) atoms. The maximum Gasteiger partial charge on any atom is 0.411 e. The maximum atomic E-state index is 13.6. The normalized spacial score (nSPS) is 11.8. The number of nitrogen functional groups attached to an aromatic ring is 1. The standard InChI is InChI=1S/C28H21N3O6/c1-36-28(35)31-20-13-12-19(30-15-7-9-17(10-8-15)37-16-5-3-2-4-6-16)23-24(20)26(33)22-18(29)11-14-21(32)25(22)27(23)34/h2-14,30,32H,29H2,1H3,(H,31,35). The van der Waals surface area contributed by atoms with E-state index in [1.165, 1.54) is 25.3 Å². The molecule has 0 saturated carbocycles. The minimum absolute atomic E-state index is 0.0167. The Bertz CT molecular complexity index is 1550. The van der Waals surface area contributed by atoms with Crippen molar-refractivity contribution in [3.8, 4) is 17.2 Å². The monoisotopic (exact) mass is 495 g/mol. The molecule has 0 fully saturated rings. The fourth-order valence-electron chi connectivity index (χ4n) is 4.16. The van der Waals surface area contributed by atoms with E-state index in [2.05, 4.69) is 15.4 Å². The van der Waals surface area contributed by atoms with E-state index in [0.717, 1.165) is 0 Å². The molecule has 5 N–H and O–H groups in total. The van der Waals surface area contributed by atoms with Gasteiger partial charge in [0, 0.05) is 11.4 Å². The molecule has 5 rings (SSSR count). The molecule has 1 aliphatic rings. The Balaban J connectivity index is 1.55. The lowest BCUT2D eigenvalue weighted by Gasteiger charge is -2.24. The van der Waals surface area contributed by atoms with Crippen LogP contribution in [-0.2, 0) is 4.74 Å². The van der Waals surface area contributed by atoms with E-state index in [-0.39, 0.29) is 39.4 Å². The number of nitrogens with two attached hydrogens (primary N) is 1. The molecule has 184 valence electrons. The highest BCUT2D eigenvalue weighted by Gasteiger charge is 2.37. The van der Waals surface area contributed by atoms with E-state index in [4.69, 9.17) is 10.5 Å². The quantitative estimate of drug-likeness (QED) is 0.186. The SMILES string of the molecule is COC(=O)Nc1ccc(Nc2ccc(Oc3ccccc3)cc2)c2c1C(=O)c1c(N)ccc(O)c1C2=O. The highest BCUT2D eigenvalue weighted by molar-refractivity contribution is 6.34. The number of phenolic OH excluding ortho intramolecular Hbond substituents is 1. The van der Waals surface area contributed by atoms with E-state index >= 15 is 0 Å². The molecule has 0 aliphatic heterocycles. The number of methoxy groups -OCH3 is 1. The van der Waals surface area contributed by atoms with Crippen LogP contribution in [0.4, 0.5) is 27.5 Å². The predicted molar refractivity (Wildman–Crippen MR) is 138 cm³/mol. The largest absolute Gasteiger partial charge is 0.507 e. The van der Waals surface area contributed by atoms with Crippen LogP contribution in [0, 0.1) is 0 Å². The zero-order valence-corrected chi connectivity index (χ0v) is 19.6. The van der Waals surface area contributed by atoms with Gasteiger partial charge in [-0.25, -0.2) is 4.79 Å². The lowest BCUT2D eigenvalue weighted by atomic mass is 9.81. The summed E-state index contributed by atoms with van der Waals surface area (Å²) in [6.45, 7) is 0. The summed E-state index contributed by atoms with van der Waals surface area (Å²) in [7, 11) is 1.18. The van der Waals surface area contributed by atoms with Crippen molar-refractivity contribution in [1.82, 2.24) is 0 Å². The number of amides is 1. The van der Waals surface area contributed by atoms with Crippen molar-refractivity contribution >= 4 is 40.4 Å². The van der Waals surface area contributed by atoms with Crippen LogP contribution in [0.15, 0.2) is 78.9 Å². The molecular weight excluding hydrogens is 474 g/mol. The Labute approximate surface area is 211 Å². The topological polar surface area (TPSA) is 140 Å². The Morgan fingerprint density at radius 2 is 1.38 bits per heavy atom. The van der Waals surface area contributed by atoms with Crippen molar-refractivity contribution in [3.05, 3.63) is 101 Å². The fraction of sp³-hybridized carbons (Fsp3) is 0.0357. The lowest BCUT2D eigenvalue weighted by Crippen LogP contribution is -2.26.